The van der Waals surface area contributed by atoms with E-state index in [9.17, 15) is 29.8 Å². The van der Waals surface area contributed by atoms with E-state index in [0.717, 1.165) is 5.56 Å². The number of hydrogen-bond donors (Lipinski definition) is 6. The van der Waals surface area contributed by atoms with Gasteiger partial charge in [-0.3, -0.25) is 0 Å². The molecule has 0 bridgehead atoms. The van der Waals surface area contributed by atoms with Gasteiger partial charge in [0.05, 0.1) is 12.2 Å². The van der Waals surface area contributed by atoms with Gasteiger partial charge in [0.2, 0.25) is 0 Å². The van der Waals surface area contributed by atoms with Crippen molar-refractivity contribution in [3.63, 3.8) is 0 Å². The molecule has 0 amide bonds. The van der Waals surface area contributed by atoms with E-state index in [2.05, 4.69) is 0 Å². The zero-order valence-corrected chi connectivity index (χ0v) is 26.3. The van der Waals surface area contributed by atoms with E-state index in [4.69, 9.17) is 0 Å². The van der Waals surface area contributed by atoms with E-state index in [0.29, 0.717) is 21.2 Å². The summed E-state index contributed by atoms with van der Waals surface area (Å²) in [6.45, 7) is 3.53. The average molecular weight is 621 g/mol. The van der Waals surface area contributed by atoms with Gasteiger partial charge in [-0.2, -0.15) is 0 Å². The Balaban J connectivity index is 0.000000177. The van der Waals surface area contributed by atoms with Crippen molar-refractivity contribution in [3.8, 4) is 0 Å². The van der Waals surface area contributed by atoms with Gasteiger partial charge in [0.1, 0.15) is 0 Å². The molecule has 0 spiro atoms. The van der Waals surface area contributed by atoms with E-state index in [1.807, 2.05) is 110 Å². The van der Waals surface area contributed by atoms with E-state index >= 15 is 0 Å². The molecule has 0 fully saturated rings. The molecule has 228 valence electrons. The topological polar surface area (TPSA) is 121 Å². The molecule has 5 aromatic carbocycles. The van der Waals surface area contributed by atoms with E-state index in [1.165, 1.54) is 0 Å². The van der Waals surface area contributed by atoms with E-state index in [-0.39, 0.29) is 5.92 Å². The van der Waals surface area contributed by atoms with E-state index in [1.54, 1.807) is 55.5 Å². The van der Waals surface area contributed by atoms with Crippen LogP contribution in [0.4, 0.5) is 0 Å². The van der Waals surface area contributed by atoms with Crippen LogP contribution in [-0.4, -0.2) is 35.9 Å². The number of aliphatic hydroxyl groups excluding tert-OH is 2. The molecule has 5 aromatic rings. The van der Waals surface area contributed by atoms with E-state index < -0.39 is 27.6 Å². The summed E-state index contributed by atoms with van der Waals surface area (Å²) in [7, 11) is -6.91. The molecule has 0 heterocycles. The Morgan fingerprint density at radius 3 is 0.860 bits per heavy atom. The third kappa shape index (κ3) is 9.87. The van der Waals surface area contributed by atoms with Gasteiger partial charge in [0.25, 0.3) is 0 Å². The van der Waals surface area contributed by atoms with Crippen molar-refractivity contribution in [3.05, 3.63) is 157 Å². The first-order chi connectivity index (χ1) is 20.5. The summed E-state index contributed by atoms with van der Waals surface area (Å²) in [5.74, 6) is -0.137. The molecule has 3 unspecified atom stereocenters. The fraction of sp³-hybridized carbons (Fsp3) is 0.143. The number of rotatable bonds is 7. The fourth-order valence-electron chi connectivity index (χ4n) is 4.23. The Morgan fingerprint density at radius 1 is 0.395 bits per heavy atom. The second-order valence-electron chi connectivity index (χ2n) is 10.3. The third-order valence-electron chi connectivity index (χ3n) is 7.11. The summed E-state index contributed by atoms with van der Waals surface area (Å²) >= 11 is 0. The summed E-state index contributed by atoms with van der Waals surface area (Å²) in [6.07, 6.45) is -1.07. The van der Waals surface area contributed by atoms with Crippen molar-refractivity contribution in [2.24, 2.45) is 5.92 Å². The SMILES string of the molecule is CC(O)C(C)C(O)c1ccccc1.O[PH](O)(c1ccccc1)c1ccccc1.O[PH](O)(c1ccccc1)c1ccccc1. The van der Waals surface area contributed by atoms with Gasteiger partial charge >= 0.3 is 178 Å². The van der Waals surface area contributed by atoms with Crippen LogP contribution in [0, 0.1) is 5.92 Å². The molecule has 0 aliphatic carbocycles. The molecule has 0 aliphatic heterocycles. The molecule has 43 heavy (non-hydrogen) atoms. The predicted octanol–water partition coefficient (Wildman–Crippen LogP) is 4.14. The Kier molecular flexibility index (Phi) is 13.2. The number of aliphatic hydroxyl groups is 2. The van der Waals surface area contributed by atoms with Gasteiger partial charge in [-0.25, -0.2) is 0 Å². The fourth-order valence-corrected chi connectivity index (χ4v) is 7.53. The Bertz CT molecular complexity index is 1280. The summed E-state index contributed by atoms with van der Waals surface area (Å²) in [5.41, 5.74) is 0.857. The normalized spacial score (nSPS) is 14.0. The first kappa shape index (κ1) is 34.2. The third-order valence-corrected chi connectivity index (χ3v) is 11.7. The summed E-state index contributed by atoms with van der Waals surface area (Å²) in [4.78, 5) is 40.6. The molecule has 0 aliphatic rings. The van der Waals surface area contributed by atoms with Crippen LogP contribution in [0.5, 0.6) is 0 Å². The van der Waals surface area contributed by atoms with Crippen LogP contribution >= 0.6 is 15.4 Å². The summed E-state index contributed by atoms with van der Waals surface area (Å²) in [5, 5.41) is 21.5. The second-order valence-corrected chi connectivity index (χ2v) is 15.3. The van der Waals surface area contributed by atoms with Gasteiger partial charge in [-0.15, -0.1) is 0 Å². The average Bonchev–Trinajstić information content (AvgIpc) is 3.06. The first-order valence-corrected chi connectivity index (χ1v) is 17.9. The monoisotopic (exact) mass is 620 g/mol. The van der Waals surface area contributed by atoms with Crippen LogP contribution in [0.15, 0.2) is 152 Å². The molecular weight excluding hydrogens is 578 g/mol. The maximum atomic E-state index is 10.2. The molecule has 5 rings (SSSR count). The van der Waals surface area contributed by atoms with Gasteiger partial charge in [-0.1, -0.05) is 37.3 Å². The van der Waals surface area contributed by atoms with Crippen molar-refractivity contribution in [1.82, 2.24) is 0 Å². The van der Waals surface area contributed by atoms with Crippen LogP contribution in [0.25, 0.3) is 0 Å². The van der Waals surface area contributed by atoms with Gasteiger partial charge in [-0.05, 0) is 12.5 Å². The summed E-state index contributed by atoms with van der Waals surface area (Å²) in [6, 6.07) is 45.3. The van der Waals surface area contributed by atoms with Gasteiger partial charge < -0.3 is 10.2 Å². The van der Waals surface area contributed by atoms with Crippen LogP contribution in [0.2, 0.25) is 0 Å². The standard InChI is InChI=1S/2C12H13O2P.C11H16O2/c2*13-15(14,11-7-3-1-4-8-11)12-9-5-2-6-10-12;1-8(9(2)12)11(13)10-6-4-3-5-7-10/h2*1-10,13-15H;3-9,11-13H,1-2H3. The minimum absolute atomic E-state index is 0.137. The Hall–Kier alpha value is -3.28. The van der Waals surface area contributed by atoms with Crippen LogP contribution in [0.1, 0.15) is 25.5 Å². The molecule has 0 aromatic heterocycles. The zero-order valence-electron chi connectivity index (χ0n) is 24.3. The Labute approximate surface area is 255 Å². The maximum absolute atomic E-state index is 10.2. The van der Waals surface area contributed by atoms with Crippen LogP contribution in [-0.2, 0) is 0 Å². The predicted molar refractivity (Wildman–Crippen MR) is 182 cm³/mol. The first-order valence-electron chi connectivity index (χ1n) is 14.1. The Morgan fingerprint density at radius 2 is 0.628 bits per heavy atom. The number of hydrogen-bond acceptors (Lipinski definition) is 6. The van der Waals surface area contributed by atoms with Gasteiger partial charge in [0, 0.05) is 5.92 Å². The van der Waals surface area contributed by atoms with Crippen molar-refractivity contribution in [1.29, 1.82) is 0 Å². The minimum atomic E-state index is -3.46. The zero-order chi connectivity index (χ0) is 31.3. The van der Waals surface area contributed by atoms with Crippen molar-refractivity contribution in [2.45, 2.75) is 26.1 Å². The molecule has 6 N–H and O–H groups in total. The molecular formula is C35H42O6P2. The molecule has 8 heteroatoms. The molecule has 0 saturated heterocycles. The number of benzene rings is 5. The molecule has 6 nitrogen and oxygen atoms in total. The van der Waals surface area contributed by atoms with Crippen LogP contribution < -0.4 is 21.2 Å². The van der Waals surface area contributed by atoms with Crippen LogP contribution in [0.3, 0.4) is 0 Å². The quantitative estimate of drug-likeness (QED) is 0.152. The second kappa shape index (κ2) is 16.5. The van der Waals surface area contributed by atoms with Crippen molar-refractivity contribution in [2.75, 3.05) is 0 Å². The van der Waals surface area contributed by atoms with Crippen molar-refractivity contribution >= 4 is 36.7 Å². The molecule has 3 atom stereocenters. The van der Waals surface area contributed by atoms with Gasteiger partial charge in [0.15, 0.2) is 0 Å². The molecule has 0 radical (unpaired) electrons. The summed E-state index contributed by atoms with van der Waals surface area (Å²) < 4.78 is 0. The molecule has 0 saturated carbocycles. The van der Waals surface area contributed by atoms with Crippen molar-refractivity contribution < 1.29 is 29.8 Å².